The van der Waals surface area contributed by atoms with Crippen molar-refractivity contribution in [3.05, 3.63) is 64.3 Å². The Morgan fingerprint density at radius 1 is 1.33 bits per heavy atom. The van der Waals surface area contributed by atoms with E-state index in [1.807, 2.05) is 24.3 Å². The molecular formula is C15H14N4O2. The molecule has 0 bridgehead atoms. The van der Waals surface area contributed by atoms with E-state index in [9.17, 15) is 9.59 Å². The zero-order valence-electron chi connectivity index (χ0n) is 11.5. The average molecular weight is 282 g/mol. The number of nitrogens with zero attached hydrogens (tertiary/aromatic N) is 2. The molecular weight excluding hydrogens is 268 g/mol. The van der Waals surface area contributed by atoms with Crippen LogP contribution in [-0.2, 0) is 13.6 Å². The van der Waals surface area contributed by atoms with E-state index in [1.54, 1.807) is 19.3 Å². The molecule has 0 saturated carbocycles. The largest absolute Gasteiger partial charge is 0.345 e. The molecule has 0 atom stereocenters. The Bertz CT molecular complexity index is 830. The summed E-state index contributed by atoms with van der Waals surface area (Å²) in [5.74, 6) is 0.376. The summed E-state index contributed by atoms with van der Waals surface area (Å²) in [4.78, 5) is 31.0. The smallest absolute Gasteiger partial charge is 0.251 e. The second-order valence-corrected chi connectivity index (χ2v) is 4.75. The van der Waals surface area contributed by atoms with Crippen LogP contribution >= 0.6 is 0 Å². The number of hydrogen-bond acceptors (Lipinski definition) is 3. The maximum absolute atomic E-state index is 12.0. The molecule has 106 valence electrons. The molecule has 6 nitrogen and oxygen atoms in total. The van der Waals surface area contributed by atoms with E-state index >= 15 is 0 Å². The lowest BCUT2D eigenvalue weighted by Crippen LogP contribution is -2.26. The molecule has 1 amide bonds. The molecule has 6 heteroatoms. The summed E-state index contributed by atoms with van der Waals surface area (Å²) in [6.45, 7) is 0.280. The zero-order chi connectivity index (χ0) is 14.8. The first-order chi connectivity index (χ1) is 10.1. The molecule has 0 unspecified atom stereocenters. The van der Waals surface area contributed by atoms with Crippen LogP contribution in [0.3, 0.4) is 0 Å². The molecule has 21 heavy (non-hydrogen) atoms. The van der Waals surface area contributed by atoms with Crippen molar-refractivity contribution < 1.29 is 4.79 Å². The van der Waals surface area contributed by atoms with Crippen molar-refractivity contribution >= 4 is 16.9 Å². The number of pyridine rings is 1. The van der Waals surface area contributed by atoms with Crippen LogP contribution < -0.4 is 10.9 Å². The van der Waals surface area contributed by atoms with Crippen LogP contribution in [0, 0.1) is 0 Å². The molecule has 0 spiro atoms. The summed E-state index contributed by atoms with van der Waals surface area (Å²) in [6.07, 6.45) is 1.57. The fourth-order valence-corrected chi connectivity index (χ4v) is 2.05. The summed E-state index contributed by atoms with van der Waals surface area (Å²) in [5, 5.41) is 2.74. The summed E-state index contributed by atoms with van der Waals surface area (Å²) in [6, 6.07) is 10.6. The average Bonchev–Trinajstić information content (AvgIpc) is 2.90. The number of aromatic nitrogens is 3. The highest BCUT2D eigenvalue weighted by molar-refractivity contribution is 5.93. The highest BCUT2D eigenvalue weighted by Crippen LogP contribution is 2.10. The van der Waals surface area contributed by atoms with Gasteiger partial charge in [-0.2, -0.15) is 0 Å². The number of carbonyl (C=O) groups is 1. The minimum Gasteiger partial charge on any atom is -0.345 e. The lowest BCUT2D eigenvalue weighted by atomic mass is 10.2. The van der Waals surface area contributed by atoms with Gasteiger partial charge >= 0.3 is 0 Å². The maximum Gasteiger partial charge on any atom is 0.251 e. The standard InChI is InChI=1S/C15H14N4O2/c1-19-7-6-10(8-14(19)20)15(21)16-9-13-17-11-4-2-3-5-12(11)18-13/h2-8H,9H2,1H3,(H,16,21)(H,17,18). The highest BCUT2D eigenvalue weighted by Gasteiger charge is 2.08. The number of imidazole rings is 1. The van der Waals surface area contributed by atoms with E-state index in [0.29, 0.717) is 11.4 Å². The third-order valence-electron chi connectivity index (χ3n) is 3.22. The van der Waals surface area contributed by atoms with Crippen molar-refractivity contribution in [1.82, 2.24) is 19.9 Å². The minimum atomic E-state index is -0.298. The molecule has 0 aliphatic rings. The van der Waals surface area contributed by atoms with Gasteiger partial charge in [-0.15, -0.1) is 0 Å². The molecule has 0 saturated heterocycles. The van der Waals surface area contributed by atoms with Gasteiger partial charge in [-0.05, 0) is 18.2 Å². The van der Waals surface area contributed by atoms with Gasteiger partial charge in [-0.3, -0.25) is 9.59 Å². The Balaban J connectivity index is 1.73. The quantitative estimate of drug-likeness (QED) is 0.757. The summed E-state index contributed by atoms with van der Waals surface area (Å²) >= 11 is 0. The molecule has 2 aromatic heterocycles. The van der Waals surface area contributed by atoms with E-state index in [1.165, 1.54) is 10.6 Å². The number of H-pyrrole nitrogens is 1. The van der Waals surface area contributed by atoms with Gasteiger partial charge in [0.2, 0.25) is 0 Å². The fraction of sp³-hybridized carbons (Fsp3) is 0.133. The molecule has 2 N–H and O–H groups in total. The van der Waals surface area contributed by atoms with Crippen LogP contribution in [0.4, 0.5) is 0 Å². The van der Waals surface area contributed by atoms with Gasteiger partial charge in [0.05, 0.1) is 17.6 Å². The van der Waals surface area contributed by atoms with Gasteiger partial charge in [0.1, 0.15) is 5.82 Å². The van der Waals surface area contributed by atoms with Gasteiger partial charge in [0.15, 0.2) is 0 Å². The van der Waals surface area contributed by atoms with Crippen LogP contribution in [0.2, 0.25) is 0 Å². The van der Waals surface area contributed by atoms with Crippen molar-refractivity contribution in [2.45, 2.75) is 6.54 Å². The van der Waals surface area contributed by atoms with Crippen molar-refractivity contribution in [1.29, 1.82) is 0 Å². The number of benzene rings is 1. The molecule has 1 aromatic carbocycles. The van der Waals surface area contributed by atoms with E-state index in [2.05, 4.69) is 15.3 Å². The molecule has 0 radical (unpaired) electrons. The van der Waals surface area contributed by atoms with Crippen LogP contribution in [0.25, 0.3) is 11.0 Å². The topological polar surface area (TPSA) is 79.8 Å². The summed E-state index contributed by atoms with van der Waals surface area (Å²) in [7, 11) is 1.64. The van der Waals surface area contributed by atoms with Gasteiger partial charge in [-0.1, -0.05) is 12.1 Å². The second kappa shape index (κ2) is 5.24. The van der Waals surface area contributed by atoms with Gasteiger partial charge in [0, 0.05) is 24.9 Å². The van der Waals surface area contributed by atoms with Crippen LogP contribution in [0.1, 0.15) is 16.2 Å². The summed E-state index contributed by atoms with van der Waals surface area (Å²) < 4.78 is 1.41. The molecule has 0 fully saturated rings. The number of para-hydroxylation sites is 2. The minimum absolute atomic E-state index is 0.216. The normalized spacial score (nSPS) is 10.7. The third-order valence-corrected chi connectivity index (χ3v) is 3.22. The predicted molar refractivity (Wildman–Crippen MR) is 78.9 cm³/mol. The maximum atomic E-state index is 12.0. The van der Waals surface area contributed by atoms with E-state index in [0.717, 1.165) is 11.0 Å². The predicted octanol–water partition coefficient (Wildman–Crippen LogP) is 1.19. The Labute approximate surface area is 120 Å². The summed E-state index contributed by atoms with van der Waals surface area (Å²) in [5.41, 5.74) is 1.91. The number of fused-ring (bicyclic) bond motifs is 1. The molecule has 0 aliphatic carbocycles. The number of aromatic amines is 1. The monoisotopic (exact) mass is 282 g/mol. The van der Waals surface area contributed by atoms with Crippen LogP contribution in [-0.4, -0.2) is 20.4 Å². The SMILES string of the molecule is Cn1ccc(C(=O)NCc2nc3ccccc3[nH]2)cc1=O. The Morgan fingerprint density at radius 2 is 2.14 bits per heavy atom. The van der Waals surface area contributed by atoms with Crippen molar-refractivity contribution in [3.63, 3.8) is 0 Å². The first-order valence-corrected chi connectivity index (χ1v) is 6.52. The molecule has 3 aromatic rings. The van der Waals surface area contributed by atoms with E-state index < -0.39 is 0 Å². The van der Waals surface area contributed by atoms with Gasteiger partial charge < -0.3 is 14.9 Å². The van der Waals surface area contributed by atoms with Gasteiger partial charge in [-0.25, -0.2) is 4.98 Å². The lowest BCUT2D eigenvalue weighted by Gasteiger charge is -2.03. The number of amides is 1. The number of carbonyl (C=O) groups excluding carboxylic acids is 1. The number of rotatable bonds is 3. The first-order valence-electron chi connectivity index (χ1n) is 6.52. The number of nitrogens with one attached hydrogen (secondary N) is 2. The Kier molecular flexibility index (Phi) is 3.27. The zero-order valence-corrected chi connectivity index (χ0v) is 11.5. The first kappa shape index (κ1) is 13.1. The number of hydrogen-bond donors (Lipinski definition) is 2. The highest BCUT2D eigenvalue weighted by atomic mass is 16.2. The Morgan fingerprint density at radius 3 is 2.90 bits per heavy atom. The number of aryl methyl sites for hydroxylation is 1. The van der Waals surface area contributed by atoms with E-state index in [4.69, 9.17) is 0 Å². The van der Waals surface area contributed by atoms with Crippen LogP contribution in [0.15, 0.2) is 47.4 Å². The van der Waals surface area contributed by atoms with Crippen LogP contribution in [0.5, 0.6) is 0 Å². The van der Waals surface area contributed by atoms with Gasteiger partial charge in [0.25, 0.3) is 11.5 Å². The lowest BCUT2D eigenvalue weighted by molar-refractivity contribution is 0.0949. The molecule has 3 rings (SSSR count). The fourth-order valence-electron chi connectivity index (χ4n) is 2.05. The Hall–Kier alpha value is -2.89. The second-order valence-electron chi connectivity index (χ2n) is 4.75. The van der Waals surface area contributed by atoms with E-state index in [-0.39, 0.29) is 18.0 Å². The van der Waals surface area contributed by atoms with Crippen molar-refractivity contribution in [3.8, 4) is 0 Å². The molecule has 0 aliphatic heterocycles. The van der Waals surface area contributed by atoms with Crippen molar-refractivity contribution in [2.75, 3.05) is 0 Å². The van der Waals surface area contributed by atoms with Crippen molar-refractivity contribution in [2.24, 2.45) is 7.05 Å². The third kappa shape index (κ3) is 2.69. The molecule has 2 heterocycles.